The van der Waals surface area contributed by atoms with Gasteiger partial charge in [0.1, 0.15) is 5.69 Å². The Balaban J connectivity index is 1.08. The summed E-state index contributed by atoms with van der Waals surface area (Å²) in [7, 11) is 0. The van der Waals surface area contributed by atoms with Gasteiger partial charge in [-0.15, -0.1) is 0 Å². The third-order valence-electron chi connectivity index (χ3n) is 8.28. The molecule has 9 nitrogen and oxygen atoms in total. The van der Waals surface area contributed by atoms with E-state index >= 15 is 0 Å². The fourth-order valence-electron chi connectivity index (χ4n) is 6.17. The maximum atomic E-state index is 12.5. The number of anilines is 3. The van der Waals surface area contributed by atoms with Gasteiger partial charge in [-0.1, -0.05) is 24.6 Å². The lowest BCUT2D eigenvalue weighted by molar-refractivity contribution is 0.141. The summed E-state index contributed by atoms with van der Waals surface area (Å²) in [6.45, 7) is 4.72. The van der Waals surface area contributed by atoms with Crippen LogP contribution in [-0.4, -0.2) is 63.3 Å². The molecule has 2 aromatic heterocycles. The monoisotopic (exact) mass is 534 g/mol. The highest BCUT2D eigenvalue weighted by atomic mass is 16.2. The van der Waals surface area contributed by atoms with Crippen LogP contribution in [-0.2, 0) is 0 Å². The van der Waals surface area contributed by atoms with Crippen LogP contribution in [0.4, 0.5) is 21.9 Å². The molecular weight excluding hydrogens is 500 g/mol. The fraction of sp³-hybridized carbons (Fsp3) is 0.323. The number of amides is 2. The Kier molecular flexibility index (Phi) is 6.57. The number of nitrogens with zero attached hydrogens (tertiary/aromatic N) is 4. The molecule has 4 heterocycles. The van der Waals surface area contributed by atoms with Crippen molar-refractivity contribution in [1.82, 2.24) is 25.1 Å². The van der Waals surface area contributed by atoms with Gasteiger partial charge in [0, 0.05) is 41.6 Å². The number of piperidine rings is 2. The molecule has 2 fully saturated rings. The lowest BCUT2D eigenvalue weighted by Crippen LogP contribution is -2.46. The Hall–Kier alpha value is -4.37. The van der Waals surface area contributed by atoms with Crippen LogP contribution in [0, 0.1) is 0 Å². The van der Waals surface area contributed by atoms with Crippen LogP contribution < -0.4 is 15.5 Å². The number of aromatic nitrogens is 4. The van der Waals surface area contributed by atoms with Gasteiger partial charge in [-0.2, -0.15) is 5.10 Å². The van der Waals surface area contributed by atoms with Crippen LogP contribution in [0.3, 0.4) is 0 Å². The Morgan fingerprint density at radius 1 is 0.825 bits per heavy atom. The second-order valence-electron chi connectivity index (χ2n) is 10.9. The number of para-hydroxylation sites is 1. The van der Waals surface area contributed by atoms with E-state index in [-0.39, 0.29) is 6.03 Å². The predicted octanol–water partition coefficient (Wildman–Crippen LogP) is 6.20. The summed E-state index contributed by atoms with van der Waals surface area (Å²) in [5.41, 5.74) is 6.16. The second-order valence-corrected chi connectivity index (χ2v) is 10.9. The maximum Gasteiger partial charge on any atom is 0.323 e. The highest BCUT2D eigenvalue weighted by Gasteiger charge is 2.26. The van der Waals surface area contributed by atoms with Crippen LogP contribution in [0.5, 0.6) is 0 Å². The predicted molar refractivity (Wildman–Crippen MR) is 161 cm³/mol. The number of imidazole rings is 1. The van der Waals surface area contributed by atoms with Crippen molar-refractivity contribution < 1.29 is 4.79 Å². The Morgan fingerprint density at radius 2 is 1.62 bits per heavy atom. The normalized spacial score (nSPS) is 16.9. The summed E-state index contributed by atoms with van der Waals surface area (Å²) >= 11 is 0. The molecule has 0 bridgehead atoms. The molecule has 0 atom stereocenters. The Bertz CT molecular complexity index is 1630. The van der Waals surface area contributed by atoms with E-state index in [1.165, 1.54) is 50.9 Å². The van der Waals surface area contributed by atoms with Crippen LogP contribution in [0.2, 0.25) is 0 Å². The van der Waals surface area contributed by atoms with Crippen molar-refractivity contribution in [2.45, 2.75) is 38.1 Å². The van der Waals surface area contributed by atoms with Crippen molar-refractivity contribution in [1.29, 1.82) is 0 Å². The minimum Gasteiger partial charge on any atom is -0.371 e. The van der Waals surface area contributed by atoms with Crippen molar-refractivity contribution in [3.8, 4) is 11.5 Å². The van der Waals surface area contributed by atoms with Gasteiger partial charge in [-0.25, -0.2) is 9.78 Å². The first-order valence-electron chi connectivity index (χ1n) is 14.3. The molecule has 0 spiro atoms. The van der Waals surface area contributed by atoms with E-state index in [1.807, 2.05) is 48.5 Å². The number of rotatable bonds is 5. The van der Waals surface area contributed by atoms with Crippen LogP contribution in [0.15, 0.2) is 66.7 Å². The molecule has 40 heavy (non-hydrogen) atoms. The van der Waals surface area contributed by atoms with E-state index in [9.17, 15) is 4.79 Å². The standard InChI is InChI=1S/C31H34N8O/c40-31(32-21-7-3-1-4-8-21)33-22-9-11-26-25(19-22)29(37-36-26)30-34-27-12-10-24(20-28(27)35-30)39-17-13-23(14-18-39)38-15-5-2-6-16-38/h1,3-4,7-12,19-20,23H,2,5-6,13-18H2,(H,34,35)(H,36,37)(H2,32,33,40). The average molecular weight is 535 g/mol. The number of hydrogen-bond donors (Lipinski definition) is 4. The van der Waals surface area contributed by atoms with E-state index in [0.717, 1.165) is 52.4 Å². The molecule has 9 heteroatoms. The number of likely N-dealkylation sites (tertiary alicyclic amines) is 1. The topological polar surface area (TPSA) is 105 Å². The van der Waals surface area contributed by atoms with Gasteiger partial charge in [-0.05, 0) is 87.3 Å². The number of fused-ring (bicyclic) bond motifs is 2. The third kappa shape index (κ3) is 5.00. The molecule has 0 aliphatic carbocycles. The molecule has 2 aliphatic rings. The fourth-order valence-corrected chi connectivity index (χ4v) is 6.17. The molecule has 2 amide bonds. The molecule has 0 radical (unpaired) electrons. The van der Waals surface area contributed by atoms with Crippen LogP contribution in [0.1, 0.15) is 32.1 Å². The second kappa shape index (κ2) is 10.7. The maximum absolute atomic E-state index is 12.5. The summed E-state index contributed by atoms with van der Waals surface area (Å²) in [5.74, 6) is 0.702. The third-order valence-corrected chi connectivity index (χ3v) is 8.28. The van der Waals surface area contributed by atoms with Crippen LogP contribution in [0.25, 0.3) is 33.5 Å². The van der Waals surface area contributed by atoms with E-state index in [1.54, 1.807) is 0 Å². The Labute approximate surface area is 233 Å². The smallest absolute Gasteiger partial charge is 0.323 e. The molecule has 7 rings (SSSR count). The van der Waals surface area contributed by atoms with Gasteiger partial charge in [-0.3, -0.25) is 5.10 Å². The van der Waals surface area contributed by atoms with E-state index in [0.29, 0.717) is 11.5 Å². The number of H-pyrrole nitrogens is 2. The van der Waals surface area contributed by atoms with Crippen molar-refractivity contribution in [3.05, 3.63) is 66.7 Å². The molecule has 0 saturated carbocycles. The first-order valence-corrected chi connectivity index (χ1v) is 14.3. The van der Waals surface area contributed by atoms with Gasteiger partial charge < -0.3 is 25.4 Å². The number of carbonyl (C=O) groups excluding carboxylic acids is 1. The lowest BCUT2D eigenvalue weighted by Gasteiger charge is -2.41. The highest BCUT2D eigenvalue weighted by Crippen LogP contribution is 2.31. The summed E-state index contributed by atoms with van der Waals surface area (Å²) < 4.78 is 0. The zero-order valence-electron chi connectivity index (χ0n) is 22.5. The first kappa shape index (κ1) is 24.7. The van der Waals surface area contributed by atoms with E-state index in [2.05, 4.69) is 53.8 Å². The molecule has 2 saturated heterocycles. The van der Waals surface area contributed by atoms with E-state index in [4.69, 9.17) is 4.98 Å². The van der Waals surface area contributed by atoms with Gasteiger partial charge in [0.15, 0.2) is 5.82 Å². The zero-order chi connectivity index (χ0) is 26.9. The highest BCUT2D eigenvalue weighted by molar-refractivity contribution is 6.02. The van der Waals surface area contributed by atoms with Crippen molar-refractivity contribution in [2.75, 3.05) is 41.7 Å². The quantitative estimate of drug-likeness (QED) is 0.215. The van der Waals surface area contributed by atoms with Gasteiger partial charge in [0.25, 0.3) is 0 Å². The zero-order valence-corrected chi connectivity index (χ0v) is 22.5. The minimum atomic E-state index is -0.299. The molecule has 4 N–H and O–H groups in total. The number of nitrogens with one attached hydrogen (secondary N) is 4. The summed E-state index contributed by atoms with van der Waals surface area (Å²) in [6, 6.07) is 22.0. The number of benzene rings is 3. The van der Waals surface area contributed by atoms with Gasteiger partial charge in [0.2, 0.25) is 0 Å². The summed E-state index contributed by atoms with van der Waals surface area (Å²) in [4.78, 5) is 26.1. The van der Waals surface area contributed by atoms with Crippen molar-refractivity contribution >= 4 is 45.0 Å². The molecule has 0 unspecified atom stereocenters. The van der Waals surface area contributed by atoms with Crippen molar-refractivity contribution in [2.24, 2.45) is 0 Å². The number of aromatic amines is 2. The number of carbonyl (C=O) groups is 1. The largest absolute Gasteiger partial charge is 0.371 e. The molecule has 3 aromatic carbocycles. The summed E-state index contributed by atoms with van der Waals surface area (Å²) in [6.07, 6.45) is 6.55. The SMILES string of the molecule is O=C(Nc1ccccc1)Nc1ccc2[nH]nc(-c3nc4ccc(N5CCC(N6CCCCC6)CC5)cc4[nH]3)c2c1. The Morgan fingerprint density at radius 3 is 2.45 bits per heavy atom. The molecule has 204 valence electrons. The molecule has 2 aliphatic heterocycles. The minimum absolute atomic E-state index is 0.299. The summed E-state index contributed by atoms with van der Waals surface area (Å²) in [5, 5.41) is 14.3. The average Bonchev–Trinajstić information content (AvgIpc) is 3.61. The molecular formula is C31H34N8O. The van der Waals surface area contributed by atoms with Crippen molar-refractivity contribution in [3.63, 3.8) is 0 Å². The number of hydrogen-bond acceptors (Lipinski definition) is 5. The first-order chi connectivity index (χ1) is 19.7. The van der Waals surface area contributed by atoms with Crippen LogP contribution >= 0.6 is 0 Å². The van der Waals surface area contributed by atoms with E-state index < -0.39 is 0 Å². The number of urea groups is 1. The molecule has 5 aromatic rings. The van der Waals surface area contributed by atoms with Gasteiger partial charge >= 0.3 is 6.03 Å². The lowest BCUT2D eigenvalue weighted by atomic mass is 9.99. The van der Waals surface area contributed by atoms with Gasteiger partial charge in [0.05, 0.1) is 16.6 Å².